The first-order valence-corrected chi connectivity index (χ1v) is 5.20. The first-order valence-electron chi connectivity index (χ1n) is 5.20. The summed E-state index contributed by atoms with van der Waals surface area (Å²) in [6.07, 6.45) is 2.59. The summed E-state index contributed by atoms with van der Waals surface area (Å²) in [5, 5.41) is 0. The molecule has 0 amide bonds. The van der Waals surface area contributed by atoms with E-state index in [0.29, 0.717) is 0 Å². The maximum absolute atomic E-state index is 2.64. The molecule has 1 heterocycles. The van der Waals surface area contributed by atoms with E-state index < -0.39 is 0 Å². The van der Waals surface area contributed by atoms with Crippen LogP contribution in [0.1, 0.15) is 26.7 Å². The minimum Gasteiger partial charge on any atom is -0.304 e. The fourth-order valence-electron chi connectivity index (χ4n) is 2.02. The number of likely N-dealkylation sites (N-methyl/N-ethyl adjacent to an activating group) is 1. The molecule has 2 nitrogen and oxygen atoms in total. The van der Waals surface area contributed by atoms with Crippen molar-refractivity contribution >= 4 is 0 Å². The van der Waals surface area contributed by atoms with Crippen LogP contribution in [-0.2, 0) is 0 Å². The van der Waals surface area contributed by atoms with Crippen LogP contribution in [0, 0.1) is 0 Å². The second-order valence-electron chi connectivity index (χ2n) is 3.86. The second-order valence-corrected chi connectivity index (χ2v) is 3.86. The molecule has 1 rings (SSSR count). The average molecular weight is 170 g/mol. The van der Waals surface area contributed by atoms with Gasteiger partial charge in [-0.15, -0.1) is 0 Å². The third-order valence-electron chi connectivity index (χ3n) is 2.79. The zero-order valence-electron chi connectivity index (χ0n) is 8.71. The quantitative estimate of drug-likeness (QED) is 0.632. The fraction of sp³-hybridized carbons (Fsp3) is 1.00. The highest BCUT2D eigenvalue weighted by Crippen LogP contribution is 2.11. The van der Waals surface area contributed by atoms with Gasteiger partial charge in [0, 0.05) is 25.7 Å². The summed E-state index contributed by atoms with van der Waals surface area (Å²) in [5.74, 6) is 0. The van der Waals surface area contributed by atoms with Gasteiger partial charge in [-0.05, 0) is 26.4 Å². The van der Waals surface area contributed by atoms with Gasteiger partial charge in [0.15, 0.2) is 0 Å². The predicted octanol–water partition coefficient (Wildman–Crippen LogP) is 1.42. The monoisotopic (exact) mass is 170 g/mol. The summed E-state index contributed by atoms with van der Waals surface area (Å²) in [6.45, 7) is 9.62. The highest BCUT2D eigenvalue weighted by Gasteiger charge is 2.22. The molecule has 0 aliphatic carbocycles. The van der Waals surface area contributed by atoms with Crippen molar-refractivity contribution in [2.45, 2.75) is 32.7 Å². The lowest BCUT2D eigenvalue weighted by Gasteiger charge is -2.39. The smallest absolute Gasteiger partial charge is 0.0220 e. The Kier molecular flexibility index (Phi) is 4.02. The van der Waals surface area contributed by atoms with Crippen molar-refractivity contribution in [2.75, 3.05) is 33.2 Å². The summed E-state index contributed by atoms with van der Waals surface area (Å²) >= 11 is 0. The molecule has 1 aliphatic heterocycles. The van der Waals surface area contributed by atoms with E-state index in [0.717, 1.165) is 6.04 Å². The summed E-state index contributed by atoms with van der Waals surface area (Å²) < 4.78 is 0. The second kappa shape index (κ2) is 4.83. The third-order valence-corrected chi connectivity index (χ3v) is 2.79. The summed E-state index contributed by atoms with van der Waals surface area (Å²) in [7, 11) is 2.23. The molecule has 0 N–H and O–H groups in total. The summed E-state index contributed by atoms with van der Waals surface area (Å²) in [4.78, 5) is 5.08. The molecular weight excluding hydrogens is 148 g/mol. The molecule has 0 unspecified atom stereocenters. The number of nitrogens with zero attached hydrogens (tertiary/aromatic N) is 2. The van der Waals surface area contributed by atoms with Crippen molar-refractivity contribution in [2.24, 2.45) is 0 Å². The van der Waals surface area contributed by atoms with Gasteiger partial charge in [-0.25, -0.2) is 0 Å². The topological polar surface area (TPSA) is 6.48 Å². The lowest BCUT2D eigenvalue weighted by atomic mass is 10.1. The fourth-order valence-corrected chi connectivity index (χ4v) is 2.02. The molecule has 0 aromatic heterocycles. The van der Waals surface area contributed by atoms with Crippen molar-refractivity contribution in [1.82, 2.24) is 9.80 Å². The third kappa shape index (κ3) is 2.46. The zero-order chi connectivity index (χ0) is 8.97. The van der Waals surface area contributed by atoms with Gasteiger partial charge in [0.05, 0.1) is 0 Å². The molecule has 1 aliphatic rings. The molecular formula is C10H22N2. The van der Waals surface area contributed by atoms with Crippen LogP contribution in [-0.4, -0.2) is 49.1 Å². The normalized spacial score (nSPS) is 27.8. The maximum Gasteiger partial charge on any atom is 0.0220 e. The van der Waals surface area contributed by atoms with Crippen LogP contribution in [0.4, 0.5) is 0 Å². The van der Waals surface area contributed by atoms with Crippen molar-refractivity contribution in [3.8, 4) is 0 Å². The minimum absolute atomic E-state index is 0.809. The lowest BCUT2D eigenvalue weighted by molar-refractivity contribution is 0.0877. The van der Waals surface area contributed by atoms with Crippen molar-refractivity contribution in [3.63, 3.8) is 0 Å². The van der Waals surface area contributed by atoms with Gasteiger partial charge in [0.25, 0.3) is 0 Å². The Labute approximate surface area is 76.5 Å². The maximum atomic E-state index is 2.64. The Morgan fingerprint density at radius 2 is 2.00 bits per heavy atom. The van der Waals surface area contributed by atoms with E-state index in [4.69, 9.17) is 0 Å². The largest absolute Gasteiger partial charge is 0.304 e. The summed E-state index contributed by atoms with van der Waals surface area (Å²) in [6, 6.07) is 0.809. The molecule has 0 radical (unpaired) electrons. The van der Waals surface area contributed by atoms with Crippen LogP contribution in [0.15, 0.2) is 0 Å². The van der Waals surface area contributed by atoms with Crippen LogP contribution >= 0.6 is 0 Å². The van der Waals surface area contributed by atoms with E-state index in [1.165, 1.54) is 39.0 Å². The molecule has 0 bridgehead atoms. The molecule has 1 saturated heterocycles. The molecule has 1 atom stereocenters. The SMILES string of the molecule is CCCN1CCN(C)C[C@@H]1CC. The van der Waals surface area contributed by atoms with Crippen LogP contribution in [0.3, 0.4) is 0 Å². The Morgan fingerprint density at radius 1 is 1.25 bits per heavy atom. The number of piperazine rings is 1. The summed E-state index contributed by atoms with van der Waals surface area (Å²) in [5.41, 5.74) is 0. The molecule has 0 saturated carbocycles. The highest BCUT2D eigenvalue weighted by atomic mass is 15.3. The number of hydrogen-bond donors (Lipinski definition) is 0. The number of hydrogen-bond acceptors (Lipinski definition) is 2. The van der Waals surface area contributed by atoms with Gasteiger partial charge in [0.2, 0.25) is 0 Å². The van der Waals surface area contributed by atoms with Gasteiger partial charge >= 0.3 is 0 Å². The van der Waals surface area contributed by atoms with E-state index in [-0.39, 0.29) is 0 Å². The lowest BCUT2D eigenvalue weighted by Crippen LogP contribution is -2.51. The Balaban J connectivity index is 2.39. The van der Waals surface area contributed by atoms with E-state index in [2.05, 4.69) is 30.7 Å². The molecule has 12 heavy (non-hydrogen) atoms. The van der Waals surface area contributed by atoms with Crippen LogP contribution in [0.5, 0.6) is 0 Å². The molecule has 0 aromatic rings. The van der Waals surface area contributed by atoms with Gasteiger partial charge in [-0.2, -0.15) is 0 Å². The van der Waals surface area contributed by atoms with Gasteiger partial charge in [-0.3, -0.25) is 4.90 Å². The van der Waals surface area contributed by atoms with Gasteiger partial charge in [-0.1, -0.05) is 13.8 Å². The van der Waals surface area contributed by atoms with Crippen molar-refractivity contribution < 1.29 is 0 Å². The Hall–Kier alpha value is -0.0800. The van der Waals surface area contributed by atoms with Crippen LogP contribution in [0.25, 0.3) is 0 Å². The number of rotatable bonds is 3. The first kappa shape index (κ1) is 10.0. The van der Waals surface area contributed by atoms with E-state index in [1.807, 2.05) is 0 Å². The average Bonchev–Trinajstić information content (AvgIpc) is 2.08. The van der Waals surface area contributed by atoms with Crippen LogP contribution < -0.4 is 0 Å². The van der Waals surface area contributed by atoms with Crippen molar-refractivity contribution in [1.29, 1.82) is 0 Å². The molecule has 1 fully saturated rings. The predicted molar refractivity (Wildman–Crippen MR) is 53.4 cm³/mol. The molecule has 0 spiro atoms. The van der Waals surface area contributed by atoms with E-state index in [9.17, 15) is 0 Å². The molecule has 72 valence electrons. The standard InChI is InChI=1S/C10H22N2/c1-4-6-12-8-7-11(3)9-10(12)5-2/h10H,4-9H2,1-3H3/t10-/m0/s1. The van der Waals surface area contributed by atoms with Crippen molar-refractivity contribution in [3.05, 3.63) is 0 Å². The van der Waals surface area contributed by atoms with Crippen LogP contribution in [0.2, 0.25) is 0 Å². The van der Waals surface area contributed by atoms with E-state index >= 15 is 0 Å². The minimum atomic E-state index is 0.809. The zero-order valence-corrected chi connectivity index (χ0v) is 8.71. The highest BCUT2D eigenvalue weighted by molar-refractivity contribution is 4.79. The Morgan fingerprint density at radius 3 is 2.58 bits per heavy atom. The van der Waals surface area contributed by atoms with E-state index in [1.54, 1.807) is 0 Å². The van der Waals surface area contributed by atoms with Gasteiger partial charge < -0.3 is 4.90 Å². The van der Waals surface area contributed by atoms with Gasteiger partial charge in [0.1, 0.15) is 0 Å². The first-order chi connectivity index (χ1) is 5.77. The Bertz CT molecular complexity index is 125. The molecule has 0 aromatic carbocycles. The molecule has 2 heteroatoms.